The van der Waals surface area contributed by atoms with E-state index in [0.717, 1.165) is 34.5 Å². The smallest absolute Gasteiger partial charge is 0.260 e. The van der Waals surface area contributed by atoms with Crippen LogP contribution in [0.25, 0.3) is 21.3 Å². The average Bonchev–Trinajstić information content (AvgIpc) is 3.27. The molecule has 2 aromatic heterocycles. The number of aliphatic hydroxyl groups is 1. The molecule has 0 aliphatic heterocycles. The van der Waals surface area contributed by atoms with Crippen LogP contribution in [-0.4, -0.2) is 58.5 Å². The van der Waals surface area contributed by atoms with Crippen LogP contribution in [0.1, 0.15) is 51.8 Å². The second kappa shape index (κ2) is 11.4. The summed E-state index contributed by atoms with van der Waals surface area (Å²) in [6.07, 6.45) is 5.34. The van der Waals surface area contributed by atoms with Gasteiger partial charge in [0.05, 0.1) is 37.9 Å². The van der Waals surface area contributed by atoms with Gasteiger partial charge in [-0.25, -0.2) is 4.98 Å². The molecular weight excluding hydrogens is 450 g/mol. The van der Waals surface area contributed by atoms with Crippen molar-refractivity contribution in [2.75, 3.05) is 20.3 Å². The normalized spacial score (nSPS) is 15.9. The molecule has 184 valence electrons. The number of aromatic nitrogens is 2. The van der Waals surface area contributed by atoms with Crippen LogP contribution in [0.5, 0.6) is 5.75 Å². The molecule has 2 heterocycles. The second-order valence-electron chi connectivity index (χ2n) is 9.33. The number of nitrogens with one attached hydrogen (secondary N) is 1. The summed E-state index contributed by atoms with van der Waals surface area (Å²) in [6.45, 7) is 5.24. The Morgan fingerprint density at radius 2 is 2.06 bits per heavy atom. The third-order valence-corrected chi connectivity index (χ3v) is 7.26. The summed E-state index contributed by atoms with van der Waals surface area (Å²) in [4.78, 5) is 24.0. The van der Waals surface area contributed by atoms with Crippen LogP contribution < -0.4 is 10.3 Å². The van der Waals surface area contributed by atoms with E-state index in [9.17, 15) is 9.90 Å². The Morgan fingerprint density at radius 3 is 2.79 bits per heavy atom. The van der Waals surface area contributed by atoms with Crippen LogP contribution in [0.4, 0.5) is 0 Å². The number of fused-ring (bicyclic) bond motifs is 1. The summed E-state index contributed by atoms with van der Waals surface area (Å²) in [5.41, 5.74) is 1.67. The second-order valence-corrected chi connectivity index (χ2v) is 10.2. The van der Waals surface area contributed by atoms with E-state index in [1.165, 1.54) is 30.6 Å². The van der Waals surface area contributed by atoms with E-state index >= 15 is 0 Å². The number of benzene rings is 1. The van der Waals surface area contributed by atoms with Crippen molar-refractivity contribution in [1.82, 2.24) is 14.9 Å². The van der Waals surface area contributed by atoms with E-state index in [0.29, 0.717) is 36.9 Å². The topological polar surface area (TPSA) is 87.7 Å². The fourth-order valence-corrected chi connectivity index (χ4v) is 5.65. The van der Waals surface area contributed by atoms with Crippen LogP contribution >= 0.6 is 11.3 Å². The maximum Gasteiger partial charge on any atom is 0.260 e. The highest BCUT2D eigenvalue weighted by Gasteiger charge is 2.25. The summed E-state index contributed by atoms with van der Waals surface area (Å²) in [5, 5.41) is 13.2. The summed E-state index contributed by atoms with van der Waals surface area (Å²) < 4.78 is 11.0. The molecule has 0 bridgehead atoms. The minimum Gasteiger partial charge on any atom is -0.497 e. The van der Waals surface area contributed by atoms with Gasteiger partial charge in [0.15, 0.2) is 0 Å². The highest BCUT2D eigenvalue weighted by atomic mass is 32.1. The van der Waals surface area contributed by atoms with Gasteiger partial charge in [0.2, 0.25) is 0 Å². The summed E-state index contributed by atoms with van der Waals surface area (Å²) in [7, 11) is 1.63. The fourth-order valence-electron chi connectivity index (χ4n) is 4.68. The molecule has 4 rings (SSSR count). The zero-order chi connectivity index (χ0) is 24.1. The molecule has 0 saturated heterocycles. The van der Waals surface area contributed by atoms with E-state index in [2.05, 4.69) is 9.88 Å². The maximum atomic E-state index is 13.2. The van der Waals surface area contributed by atoms with Crippen molar-refractivity contribution in [1.29, 1.82) is 0 Å². The van der Waals surface area contributed by atoms with Crippen LogP contribution in [0.2, 0.25) is 0 Å². The maximum absolute atomic E-state index is 13.2. The molecule has 1 aliphatic carbocycles. The molecule has 1 atom stereocenters. The van der Waals surface area contributed by atoms with Gasteiger partial charge < -0.3 is 19.6 Å². The number of aliphatic hydroxyl groups excluding tert-OH is 1. The lowest BCUT2D eigenvalue weighted by Crippen LogP contribution is -2.43. The van der Waals surface area contributed by atoms with E-state index in [1.54, 1.807) is 7.11 Å². The molecule has 0 spiro atoms. The fraction of sp³-hybridized carbons (Fsp3) is 0.538. The Morgan fingerprint density at radius 1 is 1.26 bits per heavy atom. The van der Waals surface area contributed by atoms with E-state index < -0.39 is 6.10 Å². The van der Waals surface area contributed by atoms with Crippen LogP contribution in [0.3, 0.4) is 0 Å². The quantitative estimate of drug-likeness (QED) is 0.437. The van der Waals surface area contributed by atoms with Crippen molar-refractivity contribution >= 4 is 21.6 Å². The van der Waals surface area contributed by atoms with Crippen molar-refractivity contribution in [3.05, 3.63) is 45.8 Å². The third kappa shape index (κ3) is 6.05. The standard InChI is InChI=1S/C26H35N3O4S/c1-17(2)33-15-20(30)13-29(19-9-5-4-6-10-19)14-23-27-25(31)24-22(16-34-26(24)28-23)18-8-7-11-21(12-18)32-3/h7-8,11-12,16-17,19-20,30H,4-6,9-10,13-15H2,1-3H3,(H,27,28,31). The number of thiophene rings is 1. The van der Waals surface area contributed by atoms with Crippen LogP contribution in [0, 0.1) is 0 Å². The van der Waals surface area contributed by atoms with Crippen LogP contribution in [-0.2, 0) is 11.3 Å². The first kappa shape index (κ1) is 24.9. The minimum absolute atomic E-state index is 0.0795. The highest BCUT2D eigenvalue weighted by molar-refractivity contribution is 7.17. The van der Waals surface area contributed by atoms with Gasteiger partial charge in [-0.2, -0.15) is 0 Å². The molecule has 1 unspecified atom stereocenters. The van der Waals surface area contributed by atoms with Gasteiger partial charge in [0.1, 0.15) is 16.4 Å². The number of hydrogen-bond acceptors (Lipinski definition) is 7. The van der Waals surface area contributed by atoms with Crippen molar-refractivity contribution in [3.8, 4) is 16.9 Å². The van der Waals surface area contributed by atoms with Gasteiger partial charge in [-0.05, 0) is 44.4 Å². The lowest BCUT2D eigenvalue weighted by molar-refractivity contribution is -0.0189. The molecule has 1 aromatic carbocycles. The van der Waals surface area contributed by atoms with Gasteiger partial charge in [-0.15, -0.1) is 11.3 Å². The highest BCUT2D eigenvalue weighted by Crippen LogP contribution is 2.32. The van der Waals surface area contributed by atoms with Crippen molar-refractivity contribution in [3.63, 3.8) is 0 Å². The first-order valence-corrected chi connectivity index (χ1v) is 13.0. The van der Waals surface area contributed by atoms with Crippen LogP contribution in [0.15, 0.2) is 34.4 Å². The molecule has 0 amide bonds. The van der Waals surface area contributed by atoms with Gasteiger partial charge >= 0.3 is 0 Å². The molecule has 7 nitrogen and oxygen atoms in total. The van der Waals surface area contributed by atoms with Gasteiger partial charge in [0, 0.05) is 23.5 Å². The monoisotopic (exact) mass is 485 g/mol. The van der Waals surface area contributed by atoms with E-state index in [-0.39, 0.29) is 11.7 Å². The Labute approximate surface area is 204 Å². The molecule has 1 saturated carbocycles. The molecule has 3 aromatic rings. The van der Waals surface area contributed by atoms with E-state index in [4.69, 9.17) is 14.5 Å². The molecule has 1 fully saturated rings. The number of H-pyrrole nitrogens is 1. The first-order chi connectivity index (χ1) is 16.4. The van der Waals surface area contributed by atoms with Crippen molar-refractivity contribution < 1.29 is 14.6 Å². The number of methoxy groups -OCH3 is 1. The number of ether oxygens (including phenoxy) is 2. The zero-order valence-corrected chi connectivity index (χ0v) is 21.1. The van der Waals surface area contributed by atoms with Crippen molar-refractivity contribution in [2.24, 2.45) is 0 Å². The molecule has 8 heteroatoms. The summed E-state index contributed by atoms with van der Waals surface area (Å²) >= 11 is 1.48. The lowest BCUT2D eigenvalue weighted by Gasteiger charge is -2.35. The number of hydrogen-bond donors (Lipinski definition) is 2. The Hall–Kier alpha value is -2.26. The Kier molecular flexibility index (Phi) is 8.37. The molecular formula is C26H35N3O4S. The number of aromatic amines is 1. The zero-order valence-electron chi connectivity index (χ0n) is 20.3. The molecule has 0 radical (unpaired) electrons. The third-order valence-electron chi connectivity index (χ3n) is 6.38. The SMILES string of the molecule is COc1cccc(-c2csc3nc(CN(CC(O)COC(C)C)C4CCCCC4)[nH]c(=O)c23)c1. The molecule has 34 heavy (non-hydrogen) atoms. The van der Waals surface area contributed by atoms with Gasteiger partial charge in [0.25, 0.3) is 5.56 Å². The Balaban J connectivity index is 1.58. The van der Waals surface area contributed by atoms with Gasteiger partial charge in [-0.3, -0.25) is 9.69 Å². The Bertz CT molecular complexity index is 1140. The summed E-state index contributed by atoms with van der Waals surface area (Å²) in [6, 6.07) is 8.09. The minimum atomic E-state index is -0.582. The number of rotatable bonds is 10. The number of nitrogens with zero attached hydrogens (tertiary/aromatic N) is 2. The largest absolute Gasteiger partial charge is 0.497 e. The first-order valence-electron chi connectivity index (χ1n) is 12.1. The summed E-state index contributed by atoms with van der Waals surface area (Å²) in [5.74, 6) is 1.39. The predicted molar refractivity (Wildman–Crippen MR) is 137 cm³/mol. The van der Waals surface area contributed by atoms with Crippen molar-refractivity contribution in [2.45, 2.75) is 70.7 Å². The molecule has 1 aliphatic rings. The van der Waals surface area contributed by atoms with E-state index in [1.807, 2.05) is 43.5 Å². The lowest BCUT2D eigenvalue weighted by atomic mass is 9.94. The average molecular weight is 486 g/mol. The molecule has 2 N–H and O–H groups in total. The van der Waals surface area contributed by atoms with Gasteiger partial charge in [-0.1, -0.05) is 31.4 Å². The predicted octanol–water partition coefficient (Wildman–Crippen LogP) is 4.58.